The molecule has 0 saturated carbocycles. The van der Waals surface area contributed by atoms with Gasteiger partial charge in [-0.15, -0.1) is 0 Å². The zero-order valence-corrected chi connectivity index (χ0v) is 10.1. The Morgan fingerprint density at radius 1 is 1.28 bits per heavy atom. The smallest absolute Gasteiger partial charge is 0.261 e. The molecule has 1 aliphatic rings. The Hall–Kier alpha value is -2.21. The van der Waals surface area contributed by atoms with E-state index in [4.69, 9.17) is 5.73 Å². The van der Waals surface area contributed by atoms with Gasteiger partial charge in [-0.1, -0.05) is 0 Å². The minimum atomic E-state index is -0.640. The Morgan fingerprint density at radius 2 is 1.89 bits per heavy atom. The lowest BCUT2D eigenvalue weighted by molar-refractivity contribution is -0.117. The molecule has 3 amide bonds. The molecule has 0 fully saturated rings. The monoisotopic (exact) mass is 247 g/mol. The molecule has 6 heteroatoms. The summed E-state index contributed by atoms with van der Waals surface area (Å²) in [5.41, 5.74) is 6.52. The molecule has 0 bridgehead atoms. The number of fused-ring (bicyclic) bond motifs is 1. The first-order valence-electron chi connectivity index (χ1n) is 5.44. The highest BCUT2D eigenvalue weighted by atomic mass is 16.2. The maximum atomic E-state index is 11.7. The molecule has 0 aromatic heterocycles. The fourth-order valence-corrected chi connectivity index (χ4v) is 1.70. The Balaban J connectivity index is 2.32. The SMILES string of the molecule is CC(N)C(=O)Nc1ccc2c(c1)C(=O)N(C)C2=O. The molecular weight excluding hydrogens is 234 g/mol. The van der Waals surface area contributed by atoms with Crippen LogP contribution in [0.1, 0.15) is 27.6 Å². The van der Waals surface area contributed by atoms with Gasteiger partial charge in [-0.3, -0.25) is 19.3 Å². The summed E-state index contributed by atoms with van der Waals surface area (Å²) in [5, 5.41) is 2.58. The van der Waals surface area contributed by atoms with Gasteiger partial charge in [-0.05, 0) is 25.1 Å². The molecule has 1 aliphatic heterocycles. The van der Waals surface area contributed by atoms with Crippen molar-refractivity contribution in [1.29, 1.82) is 0 Å². The third-order valence-electron chi connectivity index (χ3n) is 2.77. The fourth-order valence-electron chi connectivity index (χ4n) is 1.70. The topological polar surface area (TPSA) is 92.5 Å². The maximum Gasteiger partial charge on any atom is 0.261 e. The van der Waals surface area contributed by atoms with E-state index in [2.05, 4.69) is 5.32 Å². The molecule has 0 saturated heterocycles. The van der Waals surface area contributed by atoms with E-state index in [0.717, 1.165) is 4.90 Å². The zero-order valence-electron chi connectivity index (χ0n) is 10.1. The van der Waals surface area contributed by atoms with Crippen LogP contribution in [0.15, 0.2) is 18.2 Å². The summed E-state index contributed by atoms with van der Waals surface area (Å²) in [6.45, 7) is 1.56. The van der Waals surface area contributed by atoms with E-state index in [1.54, 1.807) is 13.0 Å². The largest absolute Gasteiger partial charge is 0.325 e. The van der Waals surface area contributed by atoms with Crippen molar-refractivity contribution < 1.29 is 14.4 Å². The van der Waals surface area contributed by atoms with E-state index in [1.165, 1.54) is 19.2 Å². The highest BCUT2D eigenvalue weighted by Crippen LogP contribution is 2.24. The molecule has 1 heterocycles. The molecule has 18 heavy (non-hydrogen) atoms. The molecule has 0 spiro atoms. The fraction of sp³-hybridized carbons (Fsp3) is 0.250. The van der Waals surface area contributed by atoms with Crippen LogP contribution < -0.4 is 11.1 Å². The van der Waals surface area contributed by atoms with Crippen molar-refractivity contribution in [1.82, 2.24) is 4.90 Å². The Bertz CT molecular complexity index is 551. The molecule has 1 unspecified atom stereocenters. The van der Waals surface area contributed by atoms with Gasteiger partial charge < -0.3 is 11.1 Å². The number of amides is 3. The Morgan fingerprint density at radius 3 is 2.50 bits per heavy atom. The summed E-state index contributed by atoms with van der Waals surface area (Å²) < 4.78 is 0. The normalized spacial score (nSPS) is 15.6. The van der Waals surface area contributed by atoms with Crippen molar-refractivity contribution in [2.45, 2.75) is 13.0 Å². The van der Waals surface area contributed by atoms with E-state index in [1.807, 2.05) is 0 Å². The molecule has 3 N–H and O–H groups in total. The lowest BCUT2D eigenvalue weighted by Crippen LogP contribution is -2.32. The van der Waals surface area contributed by atoms with Crippen LogP contribution in [-0.4, -0.2) is 35.7 Å². The number of rotatable bonds is 2. The number of benzene rings is 1. The summed E-state index contributed by atoms with van der Waals surface area (Å²) in [7, 11) is 1.42. The maximum absolute atomic E-state index is 11.7. The lowest BCUT2D eigenvalue weighted by atomic mass is 10.1. The van der Waals surface area contributed by atoms with Crippen molar-refractivity contribution >= 4 is 23.4 Å². The second-order valence-electron chi connectivity index (χ2n) is 4.21. The second-order valence-corrected chi connectivity index (χ2v) is 4.21. The van der Waals surface area contributed by atoms with Gasteiger partial charge in [0, 0.05) is 12.7 Å². The number of anilines is 1. The molecule has 6 nitrogen and oxygen atoms in total. The second kappa shape index (κ2) is 4.23. The van der Waals surface area contributed by atoms with Gasteiger partial charge >= 0.3 is 0 Å². The number of carbonyl (C=O) groups is 3. The van der Waals surface area contributed by atoms with Crippen LogP contribution in [-0.2, 0) is 4.79 Å². The van der Waals surface area contributed by atoms with Gasteiger partial charge in [-0.2, -0.15) is 0 Å². The van der Waals surface area contributed by atoms with Crippen LogP contribution in [0.3, 0.4) is 0 Å². The number of carbonyl (C=O) groups excluding carboxylic acids is 3. The van der Waals surface area contributed by atoms with Crippen LogP contribution in [0, 0.1) is 0 Å². The van der Waals surface area contributed by atoms with Crippen molar-refractivity contribution in [2.24, 2.45) is 5.73 Å². The zero-order chi connectivity index (χ0) is 13.4. The van der Waals surface area contributed by atoms with Gasteiger partial charge in [0.1, 0.15) is 0 Å². The molecule has 0 radical (unpaired) electrons. The number of nitrogens with one attached hydrogen (secondary N) is 1. The van der Waals surface area contributed by atoms with Gasteiger partial charge in [-0.25, -0.2) is 0 Å². The molecule has 1 aromatic carbocycles. The highest BCUT2D eigenvalue weighted by molar-refractivity contribution is 6.21. The molecule has 0 aliphatic carbocycles. The molecule has 2 rings (SSSR count). The van der Waals surface area contributed by atoms with Crippen LogP contribution in [0.5, 0.6) is 0 Å². The van der Waals surface area contributed by atoms with E-state index in [-0.39, 0.29) is 17.7 Å². The predicted octanol–water partition coefficient (Wildman–Crippen LogP) is 0.198. The first-order valence-corrected chi connectivity index (χ1v) is 5.44. The summed E-state index contributed by atoms with van der Waals surface area (Å²) in [6.07, 6.45) is 0. The summed E-state index contributed by atoms with van der Waals surface area (Å²) in [4.78, 5) is 35.9. The number of hydrogen-bond acceptors (Lipinski definition) is 4. The molecular formula is C12H13N3O3. The summed E-state index contributed by atoms with van der Waals surface area (Å²) >= 11 is 0. The third kappa shape index (κ3) is 1.86. The van der Waals surface area contributed by atoms with Crippen molar-refractivity contribution in [3.63, 3.8) is 0 Å². The summed E-state index contributed by atoms with van der Waals surface area (Å²) in [6, 6.07) is 3.94. The van der Waals surface area contributed by atoms with Crippen LogP contribution in [0.25, 0.3) is 0 Å². The summed E-state index contributed by atoms with van der Waals surface area (Å²) in [5.74, 6) is -1.05. The first kappa shape index (κ1) is 12.3. The minimum Gasteiger partial charge on any atom is -0.325 e. The van der Waals surface area contributed by atoms with E-state index in [9.17, 15) is 14.4 Å². The number of nitrogens with two attached hydrogens (primary N) is 1. The van der Waals surface area contributed by atoms with Crippen molar-refractivity contribution in [3.05, 3.63) is 29.3 Å². The van der Waals surface area contributed by atoms with E-state index < -0.39 is 6.04 Å². The Labute approximate surface area is 104 Å². The minimum absolute atomic E-state index is 0.296. The predicted molar refractivity (Wildman–Crippen MR) is 65.1 cm³/mol. The number of imide groups is 1. The van der Waals surface area contributed by atoms with Gasteiger partial charge in [0.2, 0.25) is 5.91 Å². The van der Waals surface area contributed by atoms with Gasteiger partial charge in [0.25, 0.3) is 11.8 Å². The van der Waals surface area contributed by atoms with Gasteiger partial charge in [0.15, 0.2) is 0 Å². The quantitative estimate of drug-likeness (QED) is 0.730. The number of nitrogens with zero attached hydrogens (tertiary/aromatic N) is 1. The average molecular weight is 247 g/mol. The standard InChI is InChI=1S/C12H13N3O3/c1-6(13)10(16)14-7-3-4-8-9(5-7)12(18)15(2)11(8)17/h3-6H,13H2,1-2H3,(H,14,16). The molecule has 94 valence electrons. The molecule has 1 aromatic rings. The van der Waals surface area contributed by atoms with E-state index in [0.29, 0.717) is 16.8 Å². The number of hydrogen-bond donors (Lipinski definition) is 2. The Kier molecular flexibility index (Phi) is 2.88. The average Bonchev–Trinajstić information content (AvgIpc) is 2.54. The van der Waals surface area contributed by atoms with E-state index >= 15 is 0 Å². The van der Waals surface area contributed by atoms with Crippen molar-refractivity contribution in [3.8, 4) is 0 Å². The third-order valence-corrected chi connectivity index (χ3v) is 2.77. The highest BCUT2D eigenvalue weighted by Gasteiger charge is 2.32. The molecule has 1 atom stereocenters. The lowest BCUT2D eigenvalue weighted by Gasteiger charge is -2.08. The van der Waals surface area contributed by atoms with Gasteiger partial charge in [0.05, 0.1) is 17.2 Å². The first-order chi connectivity index (χ1) is 8.41. The van der Waals surface area contributed by atoms with Crippen LogP contribution >= 0.6 is 0 Å². The van der Waals surface area contributed by atoms with Crippen LogP contribution in [0.4, 0.5) is 5.69 Å². The van der Waals surface area contributed by atoms with Crippen molar-refractivity contribution in [2.75, 3.05) is 12.4 Å². The van der Waals surface area contributed by atoms with Crippen LogP contribution in [0.2, 0.25) is 0 Å².